The number of ether oxygens (including phenoxy) is 1. The Balaban J connectivity index is 2.20. The predicted molar refractivity (Wildman–Crippen MR) is 87.2 cm³/mol. The van der Waals surface area contributed by atoms with Crippen LogP contribution in [0.3, 0.4) is 0 Å². The molecule has 0 spiro atoms. The van der Waals surface area contributed by atoms with Gasteiger partial charge >= 0.3 is 6.09 Å². The lowest BCUT2D eigenvalue weighted by atomic mass is 10.2. The molecule has 1 aromatic heterocycles. The van der Waals surface area contributed by atoms with Gasteiger partial charge in [-0.3, -0.25) is 0 Å². The zero-order valence-electron chi connectivity index (χ0n) is 13.2. The number of hydrogen-bond acceptors (Lipinski definition) is 5. The van der Waals surface area contributed by atoms with Gasteiger partial charge in [0.05, 0.1) is 5.02 Å². The topological polar surface area (TPSA) is 76.6 Å². The molecule has 1 saturated heterocycles. The van der Waals surface area contributed by atoms with E-state index in [9.17, 15) is 13.2 Å². The van der Waals surface area contributed by atoms with E-state index in [2.05, 4.69) is 11.6 Å². The molecule has 0 N–H and O–H groups in total. The van der Waals surface area contributed by atoms with Gasteiger partial charge < -0.3 is 9.64 Å². The van der Waals surface area contributed by atoms with Gasteiger partial charge in [0.1, 0.15) is 10.9 Å². The lowest BCUT2D eigenvalue weighted by Gasteiger charge is -2.24. The van der Waals surface area contributed by atoms with Crippen LogP contribution in [0.2, 0.25) is 5.02 Å². The van der Waals surface area contributed by atoms with E-state index < -0.39 is 26.8 Å². The second kappa shape index (κ2) is 6.13. The van der Waals surface area contributed by atoms with Crippen molar-refractivity contribution in [1.82, 2.24) is 9.88 Å². The summed E-state index contributed by atoms with van der Waals surface area (Å²) in [6.45, 7) is 9.19. The molecule has 1 atom stereocenters. The number of halogens is 1. The van der Waals surface area contributed by atoms with Crippen LogP contribution < -0.4 is 0 Å². The minimum absolute atomic E-state index is 0.000383. The monoisotopic (exact) mass is 358 g/mol. The maximum atomic E-state index is 12.7. The van der Waals surface area contributed by atoms with Gasteiger partial charge in [-0.1, -0.05) is 18.2 Å². The highest BCUT2D eigenvalue weighted by atomic mass is 35.5. The van der Waals surface area contributed by atoms with Crippen LogP contribution in [0, 0.1) is 0 Å². The van der Waals surface area contributed by atoms with Crippen LogP contribution in [-0.2, 0) is 14.6 Å². The van der Waals surface area contributed by atoms with Crippen molar-refractivity contribution in [3.8, 4) is 0 Å². The molecule has 2 rings (SSSR count). The highest BCUT2D eigenvalue weighted by Crippen LogP contribution is 2.27. The first kappa shape index (κ1) is 17.7. The minimum Gasteiger partial charge on any atom is -0.444 e. The number of amides is 1. The maximum Gasteiger partial charge on any atom is 0.410 e. The van der Waals surface area contributed by atoms with Crippen LogP contribution in [0.4, 0.5) is 4.79 Å². The molecule has 2 heterocycles. The molecule has 0 aliphatic carbocycles. The van der Waals surface area contributed by atoms with E-state index in [-0.39, 0.29) is 18.1 Å². The number of likely N-dealkylation sites (tertiary alicyclic amines) is 1. The molecule has 1 fully saturated rings. The number of sulfone groups is 1. The van der Waals surface area contributed by atoms with E-state index in [0.717, 1.165) is 0 Å². The van der Waals surface area contributed by atoms with E-state index in [1.54, 1.807) is 20.8 Å². The largest absolute Gasteiger partial charge is 0.444 e. The fraction of sp³-hybridized carbons (Fsp3) is 0.467. The standard InChI is InChI=1S/C15H19ClN2O4S/c1-10-8-18(14(19)22-15(2,3)4)9-12(10)23(20,21)13-6-5-11(16)7-17-13/h5-7,12H,1,8-9H2,2-4H3/t12-/m0/s1. The fourth-order valence-electron chi connectivity index (χ4n) is 2.20. The van der Waals surface area contributed by atoms with Crippen molar-refractivity contribution < 1.29 is 17.9 Å². The Hall–Kier alpha value is -1.60. The van der Waals surface area contributed by atoms with Crippen molar-refractivity contribution in [2.75, 3.05) is 13.1 Å². The first-order valence-electron chi connectivity index (χ1n) is 7.02. The molecule has 1 amide bonds. The van der Waals surface area contributed by atoms with Gasteiger partial charge in [0.25, 0.3) is 0 Å². The zero-order valence-corrected chi connectivity index (χ0v) is 14.8. The molecule has 0 bridgehead atoms. The first-order chi connectivity index (χ1) is 10.5. The van der Waals surface area contributed by atoms with Gasteiger partial charge in [-0.25, -0.2) is 18.2 Å². The van der Waals surface area contributed by atoms with E-state index in [1.807, 2.05) is 0 Å². The van der Waals surface area contributed by atoms with Crippen LogP contribution in [0.25, 0.3) is 0 Å². The van der Waals surface area contributed by atoms with E-state index in [4.69, 9.17) is 16.3 Å². The third kappa shape index (κ3) is 4.03. The van der Waals surface area contributed by atoms with Crippen molar-refractivity contribution in [2.24, 2.45) is 0 Å². The molecule has 8 heteroatoms. The first-order valence-corrected chi connectivity index (χ1v) is 8.94. The summed E-state index contributed by atoms with van der Waals surface area (Å²) in [4.78, 5) is 17.3. The van der Waals surface area contributed by atoms with Crippen molar-refractivity contribution in [1.29, 1.82) is 0 Å². The highest BCUT2D eigenvalue weighted by molar-refractivity contribution is 7.92. The molecular formula is C15H19ClN2O4S. The lowest BCUT2D eigenvalue weighted by molar-refractivity contribution is 0.0300. The Kier molecular flexibility index (Phi) is 4.73. The van der Waals surface area contributed by atoms with Crippen molar-refractivity contribution >= 4 is 27.5 Å². The van der Waals surface area contributed by atoms with Gasteiger partial charge in [-0.05, 0) is 38.5 Å². The summed E-state index contributed by atoms with van der Waals surface area (Å²) in [5.41, 5.74) is -0.208. The molecule has 6 nitrogen and oxygen atoms in total. The van der Waals surface area contributed by atoms with Crippen LogP contribution in [0.1, 0.15) is 20.8 Å². The third-order valence-electron chi connectivity index (χ3n) is 3.25. The number of aromatic nitrogens is 1. The second-order valence-corrected chi connectivity index (χ2v) is 8.88. The van der Waals surface area contributed by atoms with Gasteiger partial charge in [0, 0.05) is 19.3 Å². The molecule has 0 unspecified atom stereocenters. The highest BCUT2D eigenvalue weighted by Gasteiger charge is 2.40. The van der Waals surface area contributed by atoms with Crippen LogP contribution in [-0.4, -0.2) is 48.3 Å². The molecule has 1 aliphatic rings. The summed E-state index contributed by atoms with van der Waals surface area (Å²) in [5.74, 6) is 0. The normalized spacial score (nSPS) is 19.0. The lowest BCUT2D eigenvalue weighted by Crippen LogP contribution is -2.36. The number of pyridine rings is 1. The second-order valence-electron chi connectivity index (χ2n) is 6.37. The molecule has 1 aliphatic heterocycles. The van der Waals surface area contributed by atoms with E-state index in [0.29, 0.717) is 10.6 Å². The van der Waals surface area contributed by atoms with E-state index in [1.165, 1.54) is 23.2 Å². The third-order valence-corrected chi connectivity index (χ3v) is 5.53. The van der Waals surface area contributed by atoms with Gasteiger partial charge in [0.15, 0.2) is 5.03 Å². The summed E-state index contributed by atoms with van der Waals surface area (Å²) in [5, 5.41) is -0.632. The number of carbonyl (C=O) groups is 1. The van der Waals surface area contributed by atoms with Crippen LogP contribution >= 0.6 is 11.6 Å². The number of carbonyl (C=O) groups excluding carboxylic acids is 1. The molecule has 23 heavy (non-hydrogen) atoms. The Morgan fingerprint density at radius 3 is 2.61 bits per heavy atom. The summed E-state index contributed by atoms with van der Waals surface area (Å²) < 4.78 is 30.6. The Morgan fingerprint density at radius 1 is 1.43 bits per heavy atom. The Morgan fingerprint density at radius 2 is 2.09 bits per heavy atom. The molecule has 1 aromatic rings. The maximum absolute atomic E-state index is 12.7. The molecule has 126 valence electrons. The van der Waals surface area contributed by atoms with Crippen LogP contribution in [0.5, 0.6) is 0 Å². The van der Waals surface area contributed by atoms with Gasteiger partial charge in [0.2, 0.25) is 9.84 Å². The molecular weight excluding hydrogens is 340 g/mol. The predicted octanol–water partition coefficient (Wildman–Crippen LogP) is 2.68. The number of hydrogen-bond donors (Lipinski definition) is 0. The summed E-state index contributed by atoms with van der Waals surface area (Å²) in [6.07, 6.45) is 0.720. The SMILES string of the molecule is C=C1CN(C(=O)OC(C)(C)C)C[C@@H]1S(=O)(=O)c1ccc(Cl)cn1. The van der Waals surface area contributed by atoms with Crippen molar-refractivity contribution in [2.45, 2.75) is 36.6 Å². The fourth-order valence-corrected chi connectivity index (χ4v) is 3.95. The average Bonchev–Trinajstić information content (AvgIpc) is 2.80. The number of nitrogens with zero attached hydrogens (tertiary/aromatic N) is 2. The minimum atomic E-state index is -3.73. The Bertz CT molecular complexity index is 723. The zero-order chi connectivity index (χ0) is 17.4. The number of rotatable bonds is 2. The van der Waals surface area contributed by atoms with Gasteiger partial charge in [-0.15, -0.1) is 0 Å². The smallest absolute Gasteiger partial charge is 0.410 e. The molecule has 0 saturated carbocycles. The quantitative estimate of drug-likeness (QED) is 0.759. The summed E-state index contributed by atoms with van der Waals surface area (Å²) in [7, 11) is -3.73. The van der Waals surface area contributed by atoms with Crippen LogP contribution in [0.15, 0.2) is 35.5 Å². The van der Waals surface area contributed by atoms with Gasteiger partial charge in [-0.2, -0.15) is 0 Å². The van der Waals surface area contributed by atoms with Crippen molar-refractivity contribution in [3.05, 3.63) is 35.5 Å². The average molecular weight is 359 g/mol. The Labute approximate surface area is 141 Å². The van der Waals surface area contributed by atoms with Crippen molar-refractivity contribution in [3.63, 3.8) is 0 Å². The molecule has 0 aromatic carbocycles. The molecule has 0 radical (unpaired) electrons. The van der Waals surface area contributed by atoms with E-state index >= 15 is 0 Å². The summed E-state index contributed by atoms with van der Waals surface area (Å²) >= 11 is 5.73. The summed E-state index contributed by atoms with van der Waals surface area (Å²) in [6, 6.07) is 2.81.